The molecule has 1 atom stereocenters. The zero-order chi connectivity index (χ0) is 17.1. The van der Waals surface area contributed by atoms with E-state index in [4.69, 9.17) is 0 Å². The van der Waals surface area contributed by atoms with Crippen LogP contribution in [-0.2, 0) is 0 Å². The first kappa shape index (κ1) is 17.1. The van der Waals surface area contributed by atoms with E-state index in [1.54, 1.807) is 0 Å². The van der Waals surface area contributed by atoms with Crippen molar-refractivity contribution in [2.24, 2.45) is 0 Å². The van der Waals surface area contributed by atoms with Crippen LogP contribution in [0.5, 0.6) is 0 Å². The Labute approximate surface area is 147 Å². The summed E-state index contributed by atoms with van der Waals surface area (Å²) >= 11 is 1.46. The third kappa shape index (κ3) is 3.69. The lowest BCUT2D eigenvalue weighted by Gasteiger charge is -2.22. The highest BCUT2D eigenvalue weighted by Crippen LogP contribution is 2.32. The number of aromatic nitrogens is 4. The Kier molecular flexibility index (Phi) is 5.33. The number of carbonyl (C=O) groups excluding carboxylic acids is 1. The summed E-state index contributed by atoms with van der Waals surface area (Å²) in [6.45, 7) is 6.02. The highest BCUT2D eigenvalue weighted by molar-refractivity contribution is 8.00. The molecule has 1 aliphatic carbocycles. The van der Waals surface area contributed by atoms with Crippen molar-refractivity contribution in [2.75, 3.05) is 0 Å². The second-order valence-corrected chi connectivity index (χ2v) is 7.93. The lowest BCUT2D eigenvalue weighted by atomic mass is 9.96. The molecule has 1 aliphatic rings. The summed E-state index contributed by atoms with van der Waals surface area (Å²) in [5.74, 6) is 0.126. The van der Waals surface area contributed by atoms with Gasteiger partial charge < -0.3 is 0 Å². The molecule has 1 aromatic heterocycles. The molecule has 1 aromatic carbocycles. The minimum Gasteiger partial charge on any atom is -0.293 e. The fourth-order valence-electron chi connectivity index (χ4n) is 3.16. The average molecular weight is 344 g/mol. The van der Waals surface area contributed by atoms with Crippen molar-refractivity contribution in [1.82, 2.24) is 20.2 Å². The average Bonchev–Trinajstić information content (AvgIpc) is 3.05. The highest BCUT2D eigenvalue weighted by atomic mass is 32.2. The Hall–Kier alpha value is -1.69. The number of benzene rings is 1. The van der Waals surface area contributed by atoms with Crippen molar-refractivity contribution in [3.63, 3.8) is 0 Å². The standard InChI is InChI=1S/C18H24N4OS/c1-12-9-10-15(11-13(12)2)17(23)14(3)24-18-19-20-21-22(18)16-7-5-4-6-8-16/h9-11,14,16H,4-8H2,1-3H3. The van der Waals surface area contributed by atoms with Crippen LogP contribution < -0.4 is 0 Å². The molecule has 0 spiro atoms. The summed E-state index contributed by atoms with van der Waals surface area (Å²) in [7, 11) is 0. The lowest BCUT2D eigenvalue weighted by Crippen LogP contribution is -2.18. The number of hydrogen-bond donors (Lipinski definition) is 0. The third-order valence-electron chi connectivity index (χ3n) is 4.83. The Morgan fingerprint density at radius 2 is 1.96 bits per heavy atom. The van der Waals surface area contributed by atoms with Crippen molar-refractivity contribution >= 4 is 17.5 Å². The van der Waals surface area contributed by atoms with Gasteiger partial charge in [0.15, 0.2) is 5.78 Å². The van der Waals surface area contributed by atoms with Gasteiger partial charge in [-0.05, 0) is 61.2 Å². The lowest BCUT2D eigenvalue weighted by molar-refractivity contribution is 0.0993. The van der Waals surface area contributed by atoms with Crippen LogP contribution in [0.3, 0.4) is 0 Å². The number of nitrogens with zero attached hydrogens (tertiary/aromatic N) is 4. The smallest absolute Gasteiger partial charge is 0.210 e. The zero-order valence-corrected chi connectivity index (χ0v) is 15.3. The van der Waals surface area contributed by atoms with E-state index in [0.29, 0.717) is 6.04 Å². The zero-order valence-electron chi connectivity index (χ0n) is 14.5. The van der Waals surface area contributed by atoms with Gasteiger partial charge in [-0.15, -0.1) is 5.10 Å². The van der Waals surface area contributed by atoms with Crippen LogP contribution in [0.25, 0.3) is 0 Å². The number of tetrazole rings is 1. The van der Waals surface area contributed by atoms with Gasteiger partial charge in [0.1, 0.15) is 0 Å². The molecule has 0 amide bonds. The number of ketones is 1. The molecule has 0 radical (unpaired) electrons. The molecular formula is C18H24N4OS. The topological polar surface area (TPSA) is 60.7 Å². The molecule has 1 fully saturated rings. The Balaban J connectivity index is 1.72. The molecule has 1 saturated carbocycles. The van der Waals surface area contributed by atoms with E-state index in [1.165, 1.54) is 36.6 Å². The predicted octanol–water partition coefficient (Wildman–Crippen LogP) is 4.16. The van der Waals surface area contributed by atoms with Gasteiger partial charge in [0.2, 0.25) is 5.16 Å². The van der Waals surface area contributed by atoms with Crippen LogP contribution in [0.2, 0.25) is 0 Å². The number of thioether (sulfide) groups is 1. The Morgan fingerprint density at radius 1 is 1.21 bits per heavy atom. The van der Waals surface area contributed by atoms with Crippen LogP contribution >= 0.6 is 11.8 Å². The van der Waals surface area contributed by atoms with Crippen LogP contribution in [-0.4, -0.2) is 31.2 Å². The quantitative estimate of drug-likeness (QED) is 0.602. The minimum atomic E-state index is -0.208. The summed E-state index contributed by atoms with van der Waals surface area (Å²) in [6, 6.07) is 6.26. The van der Waals surface area contributed by atoms with E-state index in [0.717, 1.165) is 29.1 Å². The fourth-order valence-corrected chi connectivity index (χ4v) is 4.10. The highest BCUT2D eigenvalue weighted by Gasteiger charge is 2.24. The molecular weight excluding hydrogens is 320 g/mol. The molecule has 1 heterocycles. The Bertz CT molecular complexity index is 722. The van der Waals surface area contributed by atoms with Crippen molar-refractivity contribution in [2.45, 2.75) is 69.3 Å². The van der Waals surface area contributed by atoms with Crippen LogP contribution in [0, 0.1) is 13.8 Å². The van der Waals surface area contributed by atoms with Gasteiger partial charge in [-0.3, -0.25) is 4.79 Å². The molecule has 0 bridgehead atoms. The van der Waals surface area contributed by atoms with Crippen LogP contribution in [0.15, 0.2) is 23.4 Å². The summed E-state index contributed by atoms with van der Waals surface area (Å²) in [6.07, 6.45) is 6.00. The molecule has 6 heteroatoms. The number of carbonyl (C=O) groups is 1. The molecule has 24 heavy (non-hydrogen) atoms. The first-order valence-electron chi connectivity index (χ1n) is 8.62. The normalized spacial score (nSPS) is 17.0. The first-order valence-corrected chi connectivity index (χ1v) is 9.50. The van der Waals surface area contributed by atoms with E-state index < -0.39 is 0 Å². The second kappa shape index (κ2) is 7.47. The van der Waals surface area contributed by atoms with Crippen molar-refractivity contribution in [3.05, 3.63) is 34.9 Å². The van der Waals surface area contributed by atoms with Crippen LogP contribution in [0.4, 0.5) is 0 Å². The van der Waals surface area contributed by atoms with Crippen molar-refractivity contribution in [1.29, 1.82) is 0 Å². The second-order valence-electron chi connectivity index (χ2n) is 6.62. The van der Waals surface area contributed by atoms with Crippen LogP contribution in [0.1, 0.15) is 66.6 Å². The monoisotopic (exact) mass is 344 g/mol. The third-order valence-corrected chi connectivity index (χ3v) is 5.87. The SMILES string of the molecule is Cc1ccc(C(=O)C(C)Sc2nnnn2C2CCCCC2)cc1C. The van der Waals surface area contributed by atoms with Gasteiger partial charge in [0, 0.05) is 5.56 Å². The van der Waals surface area contributed by atoms with Crippen molar-refractivity contribution in [3.8, 4) is 0 Å². The van der Waals surface area contributed by atoms with E-state index in [-0.39, 0.29) is 11.0 Å². The molecule has 128 valence electrons. The summed E-state index contributed by atoms with van der Waals surface area (Å²) in [4.78, 5) is 12.7. The van der Waals surface area contributed by atoms with Gasteiger partial charge in [0.05, 0.1) is 11.3 Å². The summed E-state index contributed by atoms with van der Waals surface area (Å²) < 4.78 is 1.92. The van der Waals surface area contributed by atoms with E-state index in [2.05, 4.69) is 22.4 Å². The molecule has 0 N–H and O–H groups in total. The maximum Gasteiger partial charge on any atom is 0.210 e. The predicted molar refractivity (Wildman–Crippen MR) is 95.5 cm³/mol. The van der Waals surface area contributed by atoms with Gasteiger partial charge in [-0.25, -0.2) is 4.68 Å². The minimum absolute atomic E-state index is 0.126. The maximum absolute atomic E-state index is 12.7. The van der Waals surface area contributed by atoms with Crippen molar-refractivity contribution < 1.29 is 4.79 Å². The molecule has 3 rings (SSSR count). The fraction of sp³-hybridized carbons (Fsp3) is 0.556. The van der Waals surface area contributed by atoms with E-state index in [1.807, 2.05) is 36.7 Å². The van der Waals surface area contributed by atoms with Gasteiger partial charge in [-0.2, -0.15) is 0 Å². The molecule has 0 aliphatic heterocycles. The summed E-state index contributed by atoms with van der Waals surface area (Å²) in [5.41, 5.74) is 3.10. The number of hydrogen-bond acceptors (Lipinski definition) is 5. The molecule has 0 saturated heterocycles. The van der Waals surface area contributed by atoms with Gasteiger partial charge in [-0.1, -0.05) is 43.2 Å². The maximum atomic E-state index is 12.7. The molecule has 2 aromatic rings. The van der Waals surface area contributed by atoms with Gasteiger partial charge in [0.25, 0.3) is 0 Å². The number of rotatable bonds is 5. The summed E-state index contributed by atoms with van der Waals surface area (Å²) in [5, 5.41) is 12.7. The first-order chi connectivity index (χ1) is 11.6. The molecule has 1 unspecified atom stereocenters. The van der Waals surface area contributed by atoms with E-state index >= 15 is 0 Å². The largest absolute Gasteiger partial charge is 0.293 e. The van der Waals surface area contributed by atoms with Gasteiger partial charge >= 0.3 is 0 Å². The number of aryl methyl sites for hydroxylation is 2. The Morgan fingerprint density at radius 3 is 2.67 bits per heavy atom. The van der Waals surface area contributed by atoms with E-state index in [9.17, 15) is 4.79 Å². The number of Topliss-reactive ketones (excluding diaryl/α,β-unsaturated/α-hetero) is 1. The molecule has 5 nitrogen and oxygen atoms in total.